The lowest BCUT2D eigenvalue weighted by atomic mass is 10.0. The van der Waals surface area contributed by atoms with E-state index in [2.05, 4.69) is 73.0 Å². The molecule has 7 rings (SSSR count). The Morgan fingerprint density at radius 1 is 0.942 bits per heavy atom. The lowest BCUT2D eigenvalue weighted by molar-refractivity contribution is -0.153. The molecule has 3 aliphatic rings. The van der Waals surface area contributed by atoms with Crippen molar-refractivity contribution in [2.45, 2.75) is 43.8 Å². The Hall–Kier alpha value is -4.07. The molecule has 2 aliphatic heterocycles. The van der Waals surface area contributed by atoms with E-state index in [1.165, 1.54) is 18.6 Å². The summed E-state index contributed by atoms with van der Waals surface area (Å²) in [6, 6.07) is 5.59. The molecule has 4 aromatic rings. The topological polar surface area (TPSA) is 154 Å². The summed E-state index contributed by atoms with van der Waals surface area (Å²) < 4.78 is 73.3. The summed E-state index contributed by atoms with van der Waals surface area (Å²) in [6.07, 6.45) is 4.66. The molecule has 19 heteroatoms. The molecule has 1 aromatic carbocycles. The first-order valence-electron chi connectivity index (χ1n) is 17.0. The number of pyridine rings is 1. The van der Waals surface area contributed by atoms with E-state index in [1.807, 2.05) is 6.07 Å². The lowest BCUT2D eigenvalue weighted by Crippen LogP contribution is -2.52. The minimum atomic E-state index is -4.58. The number of likely N-dealkylation sites (N-methyl/N-ethyl adjacent to an activating group) is 1. The van der Waals surface area contributed by atoms with Crippen LogP contribution in [0.3, 0.4) is 0 Å². The molecule has 0 unspecified atom stereocenters. The first kappa shape index (κ1) is 36.3. The molecule has 0 spiro atoms. The highest BCUT2D eigenvalue weighted by atomic mass is 79.9. The predicted octanol–water partition coefficient (Wildman–Crippen LogP) is 5.47. The molecular formula is C33H39BrF3N11O3S. The Kier molecular flexibility index (Phi) is 10.3. The van der Waals surface area contributed by atoms with Crippen LogP contribution in [-0.4, -0.2) is 115 Å². The highest BCUT2D eigenvalue weighted by Crippen LogP contribution is 2.47. The van der Waals surface area contributed by atoms with Crippen molar-refractivity contribution in [2.75, 3.05) is 79.4 Å². The van der Waals surface area contributed by atoms with Gasteiger partial charge in [-0.1, -0.05) is 0 Å². The SMILES string of the molecule is CN1CCN(C2CCN(c3nc(OCC(F)(F)F)c(Nc4ncc(Br)c(Nc5ccc6nccnc6c5NS(C)(=O)=O)n4)cc3C3CC3)CC2)CC1. The van der Waals surface area contributed by atoms with Crippen molar-refractivity contribution in [3.8, 4) is 5.88 Å². The van der Waals surface area contributed by atoms with Crippen molar-refractivity contribution in [1.29, 1.82) is 0 Å². The third-order valence-electron chi connectivity index (χ3n) is 9.38. The van der Waals surface area contributed by atoms with Crippen LogP contribution >= 0.6 is 15.9 Å². The average Bonchev–Trinajstić information content (AvgIpc) is 3.95. The number of rotatable bonds is 11. The Morgan fingerprint density at radius 3 is 2.37 bits per heavy atom. The van der Waals surface area contributed by atoms with Gasteiger partial charge in [0.15, 0.2) is 6.61 Å². The second kappa shape index (κ2) is 14.7. The number of piperazine rings is 1. The molecule has 3 fully saturated rings. The molecule has 52 heavy (non-hydrogen) atoms. The van der Waals surface area contributed by atoms with Crippen LogP contribution in [0.2, 0.25) is 0 Å². The van der Waals surface area contributed by atoms with Crippen LogP contribution in [0.25, 0.3) is 11.0 Å². The van der Waals surface area contributed by atoms with Crippen molar-refractivity contribution in [3.05, 3.63) is 46.8 Å². The quantitative estimate of drug-likeness (QED) is 0.176. The number of alkyl halides is 3. The van der Waals surface area contributed by atoms with Crippen LogP contribution in [0.5, 0.6) is 5.88 Å². The molecule has 5 heterocycles. The standard InChI is InChI=1S/C33H39BrF3N11O3S/c1-46-13-15-47(16-14-46)21-7-11-48(12-8-21)30-22(20-3-4-20)17-26(31(44-30)51-19-33(35,36)37)42-32-40-18-23(34)29(43-32)41-25-6-5-24-27(39-10-9-38-24)28(25)45-52(2,49)50/h5-6,9-10,17-18,20-21,45H,3-4,7-8,11-16,19H2,1-2H3,(H2,40,41,42,43). The molecule has 0 atom stereocenters. The van der Waals surface area contributed by atoms with Crippen LogP contribution in [0.15, 0.2) is 41.3 Å². The molecule has 0 radical (unpaired) electrons. The second-order valence-electron chi connectivity index (χ2n) is 13.4. The Balaban J connectivity index is 1.17. The van der Waals surface area contributed by atoms with Crippen LogP contribution in [0.1, 0.15) is 37.2 Å². The molecule has 0 amide bonds. The van der Waals surface area contributed by atoms with E-state index < -0.39 is 22.8 Å². The van der Waals surface area contributed by atoms with Gasteiger partial charge in [-0.2, -0.15) is 23.1 Å². The normalized spacial score (nSPS) is 18.1. The van der Waals surface area contributed by atoms with Crippen molar-refractivity contribution < 1.29 is 26.3 Å². The number of fused-ring (bicyclic) bond motifs is 1. The molecule has 2 saturated heterocycles. The number of piperidine rings is 1. The summed E-state index contributed by atoms with van der Waals surface area (Å²) in [5.74, 6) is 0.975. The molecular weight excluding hydrogens is 767 g/mol. The number of anilines is 6. The van der Waals surface area contributed by atoms with Gasteiger partial charge in [-0.05, 0) is 72.8 Å². The largest absolute Gasteiger partial charge is 0.466 e. The zero-order valence-electron chi connectivity index (χ0n) is 28.6. The summed E-state index contributed by atoms with van der Waals surface area (Å²) in [7, 11) is -1.58. The summed E-state index contributed by atoms with van der Waals surface area (Å²) in [6.45, 7) is 4.13. The monoisotopic (exact) mass is 805 g/mol. The van der Waals surface area contributed by atoms with Crippen molar-refractivity contribution in [2.24, 2.45) is 0 Å². The summed E-state index contributed by atoms with van der Waals surface area (Å²) in [5, 5.41) is 6.17. The van der Waals surface area contributed by atoms with Crippen LogP contribution in [-0.2, 0) is 10.0 Å². The average molecular weight is 807 g/mol. The number of nitrogens with one attached hydrogen (secondary N) is 3. The third-order valence-corrected chi connectivity index (χ3v) is 10.5. The number of sulfonamides is 1. The van der Waals surface area contributed by atoms with Crippen molar-refractivity contribution in [3.63, 3.8) is 0 Å². The molecule has 1 aliphatic carbocycles. The maximum atomic E-state index is 13.5. The Morgan fingerprint density at radius 2 is 1.67 bits per heavy atom. The third kappa shape index (κ3) is 8.75. The van der Waals surface area contributed by atoms with Gasteiger partial charge in [0.25, 0.3) is 0 Å². The predicted molar refractivity (Wildman–Crippen MR) is 196 cm³/mol. The fourth-order valence-electron chi connectivity index (χ4n) is 6.62. The number of benzene rings is 1. The van der Waals surface area contributed by atoms with E-state index in [9.17, 15) is 21.6 Å². The summed E-state index contributed by atoms with van der Waals surface area (Å²) in [5.41, 5.74) is 2.43. The number of ether oxygens (including phenoxy) is 1. The van der Waals surface area contributed by atoms with E-state index in [4.69, 9.17) is 9.72 Å². The number of hydrogen-bond acceptors (Lipinski definition) is 13. The molecule has 3 aromatic heterocycles. The van der Waals surface area contributed by atoms with Crippen LogP contribution < -0.4 is 25.0 Å². The Bertz CT molecular complexity index is 2040. The zero-order chi connectivity index (χ0) is 36.6. The van der Waals surface area contributed by atoms with Gasteiger partial charge >= 0.3 is 6.18 Å². The smallest absolute Gasteiger partial charge is 0.422 e. The molecule has 0 bridgehead atoms. The van der Waals surface area contributed by atoms with Gasteiger partial charge in [0, 0.05) is 69.5 Å². The number of aromatic nitrogens is 5. The maximum Gasteiger partial charge on any atom is 0.422 e. The lowest BCUT2D eigenvalue weighted by Gasteiger charge is -2.42. The zero-order valence-corrected chi connectivity index (χ0v) is 31.0. The van der Waals surface area contributed by atoms with Crippen LogP contribution in [0.4, 0.5) is 47.8 Å². The van der Waals surface area contributed by atoms with Crippen molar-refractivity contribution in [1.82, 2.24) is 34.7 Å². The first-order chi connectivity index (χ1) is 24.8. The fraction of sp³-hybridized carbons (Fsp3) is 0.485. The molecule has 3 N–H and O–H groups in total. The van der Waals surface area contributed by atoms with Gasteiger partial charge < -0.3 is 25.2 Å². The fourth-order valence-corrected chi connectivity index (χ4v) is 7.49. The van der Waals surface area contributed by atoms with E-state index >= 15 is 0 Å². The van der Waals surface area contributed by atoms with Gasteiger partial charge in [0.2, 0.25) is 21.9 Å². The summed E-state index contributed by atoms with van der Waals surface area (Å²) in [4.78, 5) is 29.3. The molecule has 278 valence electrons. The minimum absolute atomic E-state index is 0.0463. The number of halogens is 4. The number of hydrogen-bond donors (Lipinski definition) is 3. The van der Waals surface area contributed by atoms with Gasteiger partial charge in [0.05, 0.1) is 27.6 Å². The van der Waals surface area contributed by atoms with Gasteiger partial charge in [-0.15, -0.1) is 0 Å². The van der Waals surface area contributed by atoms with E-state index in [0.29, 0.717) is 33.1 Å². The highest BCUT2D eigenvalue weighted by molar-refractivity contribution is 9.10. The summed E-state index contributed by atoms with van der Waals surface area (Å²) >= 11 is 3.44. The number of nitrogens with zero attached hydrogens (tertiary/aromatic N) is 8. The second-order valence-corrected chi connectivity index (χ2v) is 16.0. The highest BCUT2D eigenvalue weighted by Gasteiger charge is 2.35. The molecule has 14 nitrogen and oxygen atoms in total. The first-order valence-corrected chi connectivity index (χ1v) is 19.7. The van der Waals surface area contributed by atoms with E-state index in [-0.39, 0.29) is 34.9 Å². The van der Waals surface area contributed by atoms with E-state index in [0.717, 1.165) is 76.8 Å². The molecule has 1 saturated carbocycles. The van der Waals surface area contributed by atoms with Gasteiger partial charge in [0.1, 0.15) is 22.8 Å². The maximum absolute atomic E-state index is 13.5. The van der Waals surface area contributed by atoms with Crippen LogP contribution in [0, 0.1) is 0 Å². The van der Waals surface area contributed by atoms with Crippen molar-refractivity contribution >= 4 is 71.6 Å². The minimum Gasteiger partial charge on any atom is -0.466 e. The van der Waals surface area contributed by atoms with Gasteiger partial charge in [-0.25, -0.2) is 13.4 Å². The van der Waals surface area contributed by atoms with E-state index in [1.54, 1.807) is 12.1 Å². The Labute approximate surface area is 307 Å². The van der Waals surface area contributed by atoms with Gasteiger partial charge in [-0.3, -0.25) is 19.6 Å².